The van der Waals surface area contributed by atoms with Crippen LogP contribution in [-0.2, 0) is 22.6 Å². The molecule has 10 heteroatoms. The van der Waals surface area contributed by atoms with Gasteiger partial charge in [-0.2, -0.15) is 10.1 Å². The Morgan fingerprint density at radius 2 is 1.90 bits per heavy atom. The number of hydrogen-bond donors (Lipinski definition) is 0. The Hall–Kier alpha value is -4.02. The molecule has 0 bridgehead atoms. The van der Waals surface area contributed by atoms with Gasteiger partial charge in [-0.05, 0) is 56.0 Å². The minimum atomic E-state index is -0.301. The molecule has 10 nitrogen and oxygen atoms in total. The zero-order valence-corrected chi connectivity index (χ0v) is 22.6. The van der Waals surface area contributed by atoms with Gasteiger partial charge in [-0.3, -0.25) is 9.25 Å². The summed E-state index contributed by atoms with van der Waals surface area (Å²) in [5.74, 6) is 0.884. The van der Waals surface area contributed by atoms with Crippen LogP contribution in [0.2, 0.25) is 0 Å². The number of aryl methyl sites for hydroxylation is 2. The van der Waals surface area contributed by atoms with Gasteiger partial charge < -0.3 is 18.8 Å². The molecule has 2 aliphatic heterocycles. The molecule has 2 saturated heterocycles. The molecule has 1 aromatic carbocycles. The zero-order valence-electron chi connectivity index (χ0n) is 22.6. The lowest BCUT2D eigenvalue weighted by Gasteiger charge is -2.27. The molecule has 0 spiro atoms. The average molecular weight is 541 g/mol. The maximum absolute atomic E-state index is 13.6. The minimum absolute atomic E-state index is 0.159. The third-order valence-corrected chi connectivity index (χ3v) is 7.93. The van der Waals surface area contributed by atoms with Crippen LogP contribution in [-0.4, -0.2) is 63.3 Å². The maximum atomic E-state index is 13.6. The fourth-order valence-electron chi connectivity index (χ4n) is 5.73. The summed E-state index contributed by atoms with van der Waals surface area (Å²) in [6.07, 6.45) is 8.66. The molecule has 206 valence electrons. The summed E-state index contributed by atoms with van der Waals surface area (Å²) in [6, 6.07) is 10.0. The number of morpholine rings is 1. The molecule has 0 radical (unpaired) electrons. The maximum Gasteiger partial charge on any atom is 0.348 e. The number of benzene rings is 1. The molecular formula is C30H32N6O4. The molecule has 6 heterocycles. The van der Waals surface area contributed by atoms with Gasteiger partial charge in [0.05, 0.1) is 25.5 Å². The molecule has 2 fully saturated rings. The zero-order chi connectivity index (χ0) is 27.1. The second-order valence-corrected chi connectivity index (χ2v) is 10.4. The van der Waals surface area contributed by atoms with Crippen molar-refractivity contribution in [2.24, 2.45) is 0 Å². The van der Waals surface area contributed by atoms with Gasteiger partial charge in [0.2, 0.25) is 0 Å². The molecule has 2 aliphatic rings. The van der Waals surface area contributed by atoms with Crippen molar-refractivity contribution in [3.05, 3.63) is 59.4 Å². The number of nitrogens with zero attached hydrogens (tertiary/aromatic N) is 6. The highest BCUT2D eigenvalue weighted by Gasteiger charge is 2.23. The lowest BCUT2D eigenvalue weighted by atomic mass is 10.1. The number of pyridine rings is 1. The number of hydrogen-bond acceptors (Lipinski definition) is 8. The largest absolute Gasteiger partial charge is 0.452 e. The van der Waals surface area contributed by atoms with E-state index in [0.717, 1.165) is 78.9 Å². The normalized spacial score (nSPS) is 17.8. The Balaban J connectivity index is 1.35. The van der Waals surface area contributed by atoms with Gasteiger partial charge in [0.15, 0.2) is 5.58 Å². The Morgan fingerprint density at radius 1 is 1.02 bits per heavy atom. The molecule has 0 saturated carbocycles. The highest BCUT2D eigenvalue weighted by molar-refractivity contribution is 6.07. The summed E-state index contributed by atoms with van der Waals surface area (Å²) in [7, 11) is 0. The Bertz CT molecular complexity index is 1710. The molecule has 1 unspecified atom stereocenters. The highest BCUT2D eigenvalue weighted by Crippen LogP contribution is 2.36. The van der Waals surface area contributed by atoms with Crippen LogP contribution >= 0.6 is 0 Å². The van der Waals surface area contributed by atoms with Crippen LogP contribution in [0, 0.1) is 0 Å². The topological polar surface area (TPSA) is 100 Å². The molecule has 1 atom stereocenters. The molecule has 40 heavy (non-hydrogen) atoms. The number of rotatable bonds is 7. The monoisotopic (exact) mass is 540 g/mol. The van der Waals surface area contributed by atoms with Crippen molar-refractivity contribution in [3.8, 4) is 22.4 Å². The van der Waals surface area contributed by atoms with Crippen LogP contribution in [0.4, 0.5) is 5.82 Å². The van der Waals surface area contributed by atoms with E-state index in [1.807, 2.05) is 41.3 Å². The third-order valence-electron chi connectivity index (χ3n) is 7.93. The van der Waals surface area contributed by atoms with E-state index in [1.165, 1.54) is 0 Å². The van der Waals surface area contributed by atoms with Gasteiger partial charge in [-0.1, -0.05) is 6.07 Å². The van der Waals surface area contributed by atoms with Crippen molar-refractivity contribution in [3.63, 3.8) is 0 Å². The summed E-state index contributed by atoms with van der Waals surface area (Å²) in [6.45, 7) is 7.14. The van der Waals surface area contributed by atoms with E-state index in [0.29, 0.717) is 36.6 Å². The lowest BCUT2D eigenvalue weighted by molar-refractivity contribution is 0.100. The van der Waals surface area contributed by atoms with E-state index >= 15 is 0 Å². The number of anilines is 1. The van der Waals surface area contributed by atoms with E-state index in [4.69, 9.17) is 18.9 Å². The minimum Gasteiger partial charge on any atom is -0.452 e. The molecule has 0 amide bonds. The Morgan fingerprint density at radius 3 is 2.65 bits per heavy atom. The van der Waals surface area contributed by atoms with Crippen LogP contribution < -0.4 is 10.6 Å². The van der Waals surface area contributed by atoms with E-state index < -0.39 is 0 Å². The lowest BCUT2D eigenvalue weighted by Crippen LogP contribution is -2.36. The second kappa shape index (κ2) is 10.5. The van der Waals surface area contributed by atoms with Crippen LogP contribution in [0.1, 0.15) is 26.2 Å². The standard InChI is InChI=1S/C30H32N6O4/c1-2-35-19-22(18-32-35)20-5-7-25-24(16-20)28-29(40-25)27(33-30(37)36(28)10-9-23-4-3-13-39-23)21-6-8-26(31-17-21)34-11-14-38-15-12-34/h5-8,16-19,23H,2-4,9-15H2,1H3. The van der Waals surface area contributed by atoms with Crippen molar-refractivity contribution in [1.82, 2.24) is 24.3 Å². The van der Waals surface area contributed by atoms with Crippen molar-refractivity contribution in [2.45, 2.75) is 45.4 Å². The van der Waals surface area contributed by atoms with Gasteiger partial charge >= 0.3 is 5.69 Å². The van der Waals surface area contributed by atoms with Crippen molar-refractivity contribution >= 4 is 27.9 Å². The first-order valence-corrected chi connectivity index (χ1v) is 14.1. The number of ether oxygens (including phenoxy) is 2. The predicted molar refractivity (Wildman–Crippen MR) is 153 cm³/mol. The molecule has 5 aromatic rings. The van der Waals surface area contributed by atoms with E-state index in [-0.39, 0.29) is 11.8 Å². The summed E-state index contributed by atoms with van der Waals surface area (Å²) in [5.41, 5.74) is 5.03. The van der Waals surface area contributed by atoms with Gasteiger partial charge in [0.1, 0.15) is 22.6 Å². The smallest absolute Gasteiger partial charge is 0.348 e. The molecule has 4 aromatic heterocycles. The van der Waals surface area contributed by atoms with Crippen LogP contribution in [0.3, 0.4) is 0 Å². The van der Waals surface area contributed by atoms with E-state index in [1.54, 1.807) is 10.8 Å². The molecule has 0 N–H and O–H groups in total. The Labute approximate surface area is 231 Å². The SMILES string of the molecule is CCn1cc(-c2ccc3oc4c(-c5ccc(N6CCOCC6)nc5)nc(=O)n(CCC5CCCO5)c4c3c2)cn1. The van der Waals surface area contributed by atoms with Gasteiger partial charge in [-0.25, -0.2) is 9.78 Å². The number of fused-ring (bicyclic) bond motifs is 3. The fraction of sp³-hybridized carbons (Fsp3) is 0.400. The third kappa shape index (κ3) is 4.56. The van der Waals surface area contributed by atoms with Crippen LogP contribution in [0.25, 0.3) is 44.5 Å². The molecular weight excluding hydrogens is 508 g/mol. The van der Waals surface area contributed by atoms with Gasteiger partial charge in [-0.15, -0.1) is 0 Å². The summed E-state index contributed by atoms with van der Waals surface area (Å²) in [5, 5.41) is 5.32. The first kappa shape index (κ1) is 25.0. The van der Waals surface area contributed by atoms with Crippen LogP contribution in [0.15, 0.2) is 58.1 Å². The first-order chi connectivity index (χ1) is 19.7. The summed E-state index contributed by atoms with van der Waals surface area (Å²) in [4.78, 5) is 25.0. The predicted octanol–water partition coefficient (Wildman–Crippen LogP) is 4.49. The van der Waals surface area contributed by atoms with Crippen molar-refractivity contribution < 1.29 is 13.9 Å². The van der Waals surface area contributed by atoms with Gasteiger partial charge in [0, 0.05) is 61.7 Å². The highest BCUT2D eigenvalue weighted by atomic mass is 16.5. The van der Waals surface area contributed by atoms with Crippen molar-refractivity contribution in [2.75, 3.05) is 37.8 Å². The average Bonchev–Trinajstić information content (AvgIpc) is 3.77. The summed E-state index contributed by atoms with van der Waals surface area (Å²) >= 11 is 0. The van der Waals surface area contributed by atoms with E-state index in [9.17, 15) is 4.79 Å². The fourth-order valence-corrected chi connectivity index (χ4v) is 5.73. The molecule has 0 aliphatic carbocycles. The quantitative estimate of drug-likeness (QED) is 0.298. The van der Waals surface area contributed by atoms with Crippen LogP contribution in [0.5, 0.6) is 0 Å². The van der Waals surface area contributed by atoms with Crippen molar-refractivity contribution in [1.29, 1.82) is 0 Å². The molecule has 7 rings (SSSR count). The van der Waals surface area contributed by atoms with E-state index in [2.05, 4.69) is 28.0 Å². The number of furan rings is 1. The number of aromatic nitrogens is 5. The first-order valence-electron chi connectivity index (χ1n) is 14.1. The Kier molecular flexibility index (Phi) is 6.57. The second-order valence-electron chi connectivity index (χ2n) is 10.4. The van der Waals surface area contributed by atoms with Gasteiger partial charge in [0.25, 0.3) is 0 Å². The summed E-state index contributed by atoms with van der Waals surface area (Å²) < 4.78 is 21.4.